The van der Waals surface area contributed by atoms with E-state index in [1.165, 1.54) is 11.3 Å². The molecule has 0 aliphatic carbocycles. The van der Waals surface area contributed by atoms with Crippen LogP contribution in [-0.4, -0.2) is 10.8 Å². The maximum atomic E-state index is 4.42. The van der Waals surface area contributed by atoms with Crippen molar-refractivity contribution in [3.05, 3.63) is 40.3 Å². The molecule has 0 radical (unpaired) electrons. The highest BCUT2D eigenvalue weighted by Gasteiger charge is 2.08. The highest BCUT2D eigenvalue weighted by Crippen LogP contribution is 2.27. The minimum absolute atomic E-state index is 0.946. The van der Waals surface area contributed by atoms with E-state index in [0.717, 1.165) is 12.2 Å². The molecule has 0 saturated heterocycles. The van der Waals surface area contributed by atoms with E-state index in [-0.39, 0.29) is 0 Å². The van der Waals surface area contributed by atoms with Crippen molar-refractivity contribution in [2.45, 2.75) is 6.54 Å². The van der Waals surface area contributed by atoms with E-state index in [4.69, 9.17) is 0 Å². The predicted octanol–water partition coefficient (Wildman–Crippen LogP) is 2.66. The summed E-state index contributed by atoms with van der Waals surface area (Å²) in [4.78, 5) is 4.42. The zero-order valence-corrected chi connectivity index (χ0v) is 7.79. The first kappa shape index (κ1) is 7.09. The van der Waals surface area contributed by atoms with Gasteiger partial charge in [0, 0.05) is 17.1 Å². The average molecular weight is 188 g/mol. The molecule has 1 aliphatic rings. The van der Waals surface area contributed by atoms with Crippen molar-refractivity contribution >= 4 is 23.2 Å². The van der Waals surface area contributed by atoms with Crippen LogP contribution in [0.2, 0.25) is 0 Å². The van der Waals surface area contributed by atoms with Gasteiger partial charge in [-0.2, -0.15) is 0 Å². The summed E-state index contributed by atoms with van der Waals surface area (Å²) in [5, 5.41) is 4.26. The van der Waals surface area contributed by atoms with Gasteiger partial charge in [-0.3, -0.25) is 4.99 Å². The van der Waals surface area contributed by atoms with E-state index in [1.807, 2.05) is 6.21 Å². The van der Waals surface area contributed by atoms with Gasteiger partial charge in [0.1, 0.15) is 0 Å². The number of aliphatic imine (C=N–C) groups is 1. The van der Waals surface area contributed by atoms with E-state index >= 15 is 0 Å². The van der Waals surface area contributed by atoms with Crippen LogP contribution in [0.25, 0.3) is 0 Å². The Morgan fingerprint density at radius 2 is 2.38 bits per heavy atom. The summed E-state index contributed by atoms with van der Waals surface area (Å²) in [6.45, 7) is 0.946. The molecule has 0 aromatic carbocycles. The van der Waals surface area contributed by atoms with Crippen molar-refractivity contribution in [1.29, 1.82) is 0 Å². The van der Waals surface area contributed by atoms with Crippen molar-refractivity contribution in [2.24, 2.45) is 4.99 Å². The third kappa shape index (κ3) is 1.04. The average Bonchev–Trinajstić information content (AvgIpc) is 2.72. The Hall–Kier alpha value is -1.35. The number of nitrogens with zero attached hydrogens (tertiary/aromatic N) is 2. The molecule has 0 atom stereocenters. The fraction of sp³-hybridized carbons (Fsp3) is 0.100. The number of rotatable bonds is 0. The largest absolute Gasteiger partial charge is 0.342 e. The van der Waals surface area contributed by atoms with E-state index in [0.29, 0.717) is 0 Å². The van der Waals surface area contributed by atoms with Crippen LogP contribution in [0.5, 0.6) is 0 Å². The molecule has 3 heteroatoms. The molecule has 3 heterocycles. The van der Waals surface area contributed by atoms with Crippen LogP contribution in [0.15, 0.2) is 34.1 Å². The highest BCUT2D eigenvalue weighted by molar-refractivity contribution is 7.08. The number of hydrogen-bond acceptors (Lipinski definition) is 2. The number of hydrogen-bond donors (Lipinski definition) is 0. The van der Waals surface area contributed by atoms with Crippen molar-refractivity contribution in [1.82, 2.24) is 4.57 Å². The molecule has 2 nitrogen and oxygen atoms in total. The molecule has 3 rings (SSSR count). The lowest BCUT2D eigenvalue weighted by molar-refractivity contribution is 0.808. The predicted molar refractivity (Wildman–Crippen MR) is 55.1 cm³/mol. The zero-order chi connectivity index (χ0) is 8.67. The number of thiophene rings is 1. The molecule has 1 aliphatic heterocycles. The van der Waals surface area contributed by atoms with Gasteiger partial charge in [0.15, 0.2) is 0 Å². The first-order chi connectivity index (χ1) is 6.43. The van der Waals surface area contributed by atoms with Crippen molar-refractivity contribution in [3.8, 4) is 0 Å². The molecule has 0 unspecified atom stereocenters. The fourth-order valence-electron chi connectivity index (χ4n) is 1.56. The number of fused-ring (bicyclic) bond motifs is 2. The summed E-state index contributed by atoms with van der Waals surface area (Å²) in [6, 6.07) is 4.14. The van der Waals surface area contributed by atoms with Gasteiger partial charge < -0.3 is 4.57 Å². The number of aromatic nitrogens is 1. The van der Waals surface area contributed by atoms with Crippen molar-refractivity contribution < 1.29 is 0 Å². The Balaban J connectivity index is 2.20. The lowest BCUT2D eigenvalue weighted by atomic mass is 10.3. The molecule has 0 N–H and O–H groups in total. The lowest BCUT2D eigenvalue weighted by Gasteiger charge is -2.01. The van der Waals surface area contributed by atoms with E-state index in [2.05, 4.69) is 38.6 Å². The molecule has 0 saturated carbocycles. The van der Waals surface area contributed by atoms with Crippen LogP contribution in [0.4, 0.5) is 5.69 Å². The molecular formula is C10H8N2S. The summed E-state index contributed by atoms with van der Waals surface area (Å²) in [5.41, 5.74) is 3.62. The van der Waals surface area contributed by atoms with Crippen LogP contribution < -0.4 is 0 Å². The zero-order valence-electron chi connectivity index (χ0n) is 6.97. The molecule has 0 spiro atoms. The highest BCUT2D eigenvalue weighted by atomic mass is 32.1. The van der Waals surface area contributed by atoms with Crippen molar-refractivity contribution in [2.75, 3.05) is 0 Å². The second kappa shape index (κ2) is 2.57. The standard InChI is InChI=1S/C10H8N2S/c1-2-9-4-11-10-7-13-6-8(10)5-12(9)3-1/h1-4,6-7H,5H2. The Bertz CT molecular complexity index is 422. The van der Waals surface area contributed by atoms with Crippen molar-refractivity contribution in [3.63, 3.8) is 0 Å². The van der Waals surface area contributed by atoms with Gasteiger partial charge in [0.05, 0.1) is 24.1 Å². The molecule has 64 valence electrons. The summed E-state index contributed by atoms with van der Waals surface area (Å²) in [5.74, 6) is 0. The van der Waals surface area contributed by atoms with Crippen LogP contribution in [-0.2, 0) is 6.54 Å². The molecule has 13 heavy (non-hydrogen) atoms. The third-order valence-electron chi connectivity index (χ3n) is 2.26. The first-order valence-corrected chi connectivity index (χ1v) is 5.12. The monoisotopic (exact) mass is 188 g/mol. The second-order valence-corrected chi connectivity index (χ2v) is 3.84. The summed E-state index contributed by atoms with van der Waals surface area (Å²) < 4.78 is 2.21. The quantitative estimate of drug-likeness (QED) is 0.516. The summed E-state index contributed by atoms with van der Waals surface area (Å²) in [7, 11) is 0. The van der Waals surface area contributed by atoms with Gasteiger partial charge in [-0.05, 0) is 17.5 Å². The minimum atomic E-state index is 0.946. The molecule has 0 bridgehead atoms. The van der Waals surface area contributed by atoms with Gasteiger partial charge in [-0.15, -0.1) is 11.3 Å². The van der Waals surface area contributed by atoms with Gasteiger partial charge in [-0.25, -0.2) is 0 Å². The second-order valence-electron chi connectivity index (χ2n) is 3.10. The Morgan fingerprint density at radius 1 is 1.38 bits per heavy atom. The van der Waals surface area contributed by atoms with Crippen LogP contribution >= 0.6 is 11.3 Å². The topological polar surface area (TPSA) is 17.3 Å². The smallest absolute Gasteiger partial charge is 0.0787 e. The van der Waals surface area contributed by atoms with E-state index < -0.39 is 0 Å². The molecule has 0 fully saturated rings. The molecule has 0 amide bonds. The lowest BCUT2D eigenvalue weighted by Crippen LogP contribution is -1.98. The van der Waals surface area contributed by atoms with E-state index in [1.54, 1.807) is 11.3 Å². The molecule has 2 aromatic rings. The maximum Gasteiger partial charge on any atom is 0.0787 e. The summed E-state index contributed by atoms with van der Waals surface area (Å²) in [6.07, 6.45) is 4.02. The summed E-state index contributed by atoms with van der Waals surface area (Å²) >= 11 is 1.71. The minimum Gasteiger partial charge on any atom is -0.342 e. The molecule has 2 aromatic heterocycles. The maximum absolute atomic E-state index is 4.42. The van der Waals surface area contributed by atoms with Gasteiger partial charge >= 0.3 is 0 Å². The Kier molecular flexibility index (Phi) is 1.40. The third-order valence-corrected chi connectivity index (χ3v) is 3.04. The van der Waals surface area contributed by atoms with Crippen LogP contribution in [0.1, 0.15) is 11.3 Å². The first-order valence-electron chi connectivity index (χ1n) is 4.18. The van der Waals surface area contributed by atoms with Gasteiger partial charge in [-0.1, -0.05) is 0 Å². The molecular weight excluding hydrogens is 180 g/mol. The Morgan fingerprint density at radius 3 is 3.38 bits per heavy atom. The normalized spacial score (nSPS) is 13.5. The van der Waals surface area contributed by atoms with Crippen LogP contribution in [0.3, 0.4) is 0 Å². The van der Waals surface area contributed by atoms with Crippen LogP contribution in [0, 0.1) is 0 Å². The van der Waals surface area contributed by atoms with Gasteiger partial charge in [0.25, 0.3) is 0 Å². The van der Waals surface area contributed by atoms with Gasteiger partial charge in [0.2, 0.25) is 0 Å². The van der Waals surface area contributed by atoms with E-state index in [9.17, 15) is 0 Å². The Labute approximate surface area is 80.2 Å². The fourth-order valence-corrected chi connectivity index (χ4v) is 2.32. The SMILES string of the molecule is C1=Nc2cscc2Cn2cccc21.